The molecule has 0 N–H and O–H groups in total. The molecule has 78 valence electrons. The first-order valence-electron chi connectivity index (χ1n) is 4.80. The molecule has 0 saturated heterocycles. The van der Waals surface area contributed by atoms with Crippen molar-refractivity contribution < 1.29 is 4.39 Å². The van der Waals surface area contributed by atoms with E-state index in [2.05, 4.69) is 9.83 Å². The fraction of sp³-hybridized carbons (Fsp3) is 0.0769. The second-order valence-electron chi connectivity index (χ2n) is 3.51. The maximum atomic E-state index is 13.1. The fourth-order valence-corrected chi connectivity index (χ4v) is 1.47. The molecule has 0 saturated carbocycles. The molecule has 0 radical (unpaired) electrons. The quantitative estimate of drug-likeness (QED) is 0.658. The number of hydrogen-bond donors (Lipinski definition) is 0. The van der Waals surface area contributed by atoms with E-state index < -0.39 is 0 Å². The summed E-state index contributed by atoms with van der Waals surface area (Å²) in [5.41, 5.74) is 2.78. The Hall–Kier alpha value is -2.21. The van der Waals surface area contributed by atoms with Crippen LogP contribution < -0.4 is 0 Å². The van der Waals surface area contributed by atoms with Gasteiger partial charge in [-0.25, -0.2) is 9.24 Å². The van der Waals surface area contributed by atoms with Crippen LogP contribution in [0.25, 0.3) is 16.0 Å². The molecule has 1 aromatic carbocycles. The van der Waals surface area contributed by atoms with Crippen LogP contribution in [0.5, 0.6) is 0 Å². The molecule has 0 unspecified atom stereocenters. The first kappa shape index (κ1) is 10.3. The molecular formula is C13H9FN2. The van der Waals surface area contributed by atoms with E-state index >= 15 is 0 Å². The van der Waals surface area contributed by atoms with E-state index in [0.717, 1.165) is 11.1 Å². The zero-order valence-corrected chi connectivity index (χ0v) is 8.74. The fourth-order valence-electron chi connectivity index (χ4n) is 1.47. The maximum Gasteiger partial charge on any atom is 0.205 e. The normalized spacial score (nSPS) is 9.81. The molecule has 2 aromatic rings. The minimum absolute atomic E-state index is 0.224. The third-order valence-corrected chi connectivity index (χ3v) is 2.34. The lowest BCUT2D eigenvalue weighted by molar-refractivity contribution is 0.619. The number of halogens is 1. The maximum absolute atomic E-state index is 13.1. The Morgan fingerprint density at radius 2 is 2.00 bits per heavy atom. The number of pyridine rings is 1. The summed E-state index contributed by atoms with van der Waals surface area (Å²) in [4.78, 5) is 7.29. The average Bonchev–Trinajstić information content (AvgIpc) is 2.33. The van der Waals surface area contributed by atoms with Gasteiger partial charge in [-0.15, -0.1) is 0 Å². The Bertz CT molecular complexity index is 570. The van der Waals surface area contributed by atoms with Gasteiger partial charge in [-0.1, -0.05) is 6.07 Å². The van der Waals surface area contributed by atoms with E-state index in [1.807, 2.05) is 0 Å². The molecular weight excluding hydrogens is 203 g/mol. The van der Waals surface area contributed by atoms with Crippen LogP contribution in [0, 0.1) is 19.3 Å². The number of rotatable bonds is 1. The lowest BCUT2D eigenvalue weighted by Gasteiger charge is -2.03. The van der Waals surface area contributed by atoms with Gasteiger partial charge in [0.15, 0.2) is 0 Å². The van der Waals surface area contributed by atoms with Crippen molar-refractivity contribution in [1.29, 1.82) is 0 Å². The number of aryl methyl sites for hydroxylation is 1. The Morgan fingerprint density at radius 3 is 2.69 bits per heavy atom. The zero-order chi connectivity index (χ0) is 11.5. The molecule has 16 heavy (non-hydrogen) atoms. The van der Waals surface area contributed by atoms with Gasteiger partial charge in [-0.2, -0.15) is 0 Å². The summed E-state index contributed by atoms with van der Waals surface area (Å²) < 4.78 is 13.1. The number of nitrogens with zero attached hydrogens (tertiary/aromatic N) is 2. The van der Waals surface area contributed by atoms with E-state index in [-0.39, 0.29) is 5.82 Å². The Kier molecular flexibility index (Phi) is 2.65. The van der Waals surface area contributed by atoms with Gasteiger partial charge in [0.05, 0.1) is 6.57 Å². The summed E-state index contributed by atoms with van der Waals surface area (Å²) in [6.07, 6.45) is 3.17. The third kappa shape index (κ3) is 1.91. The molecule has 1 aromatic heterocycles. The first-order chi connectivity index (χ1) is 7.70. The number of aromatic nitrogens is 1. The van der Waals surface area contributed by atoms with Crippen molar-refractivity contribution in [2.45, 2.75) is 6.92 Å². The molecule has 0 amide bonds. The van der Waals surface area contributed by atoms with E-state index in [1.165, 1.54) is 12.3 Å². The van der Waals surface area contributed by atoms with E-state index in [1.54, 1.807) is 31.3 Å². The van der Waals surface area contributed by atoms with Crippen LogP contribution in [0.2, 0.25) is 0 Å². The predicted molar refractivity (Wildman–Crippen MR) is 60.6 cm³/mol. The molecule has 0 bridgehead atoms. The summed E-state index contributed by atoms with van der Waals surface area (Å²) >= 11 is 0. The van der Waals surface area contributed by atoms with Crippen molar-refractivity contribution in [3.8, 4) is 11.1 Å². The highest BCUT2D eigenvalue weighted by Gasteiger charge is 2.02. The van der Waals surface area contributed by atoms with Crippen LogP contribution in [0.1, 0.15) is 5.56 Å². The van der Waals surface area contributed by atoms with Gasteiger partial charge in [-0.05, 0) is 41.8 Å². The minimum atomic E-state index is -0.224. The summed E-state index contributed by atoms with van der Waals surface area (Å²) in [6, 6.07) is 6.61. The van der Waals surface area contributed by atoms with Crippen LogP contribution in [0.3, 0.4) is 0 Å². The lowest BCUT2D eigenvalue weighted by Crippen LogP contribution is -1.84. The van der Waals surface area contributed by atoms with Crippen molar-refractivity contribution in [3.63, 3.8) is 0 Å². The topological polar surface area (TPSA) is 17.2 Å². The summed E-state index contributed by atoms with van der Waals surface area (Å²) in [5.74, 6) is -0.224. The molecule has 0 aliphatic carbocycles. The molecule has 3 heteroatoms. The van der Waals surface area contributed by atoms with Crippen LogP contribution in [-0.4, -0.2) is 4.98 Å². The standard InChI is InChI=1S/C13H9FN2/c1-9-5-10(3-4-13(9)14)11-6-12(15-2)8-16-7-11/h3-8H,1H3. The Balaban J connectivity index is 2.51. The van der Waals surface area contributed by atoms with Gasteiger partial charge in [0.1, 0.15) is 5.82 Å². The van der Waals surface area contributed by atoms with E-state index in [9.17, 15) is 4.39 Å². The van der Waals surface area contributed by atoms with Gasteiger partial charge in [0.2, 0.25) is 5.69 Å². The molecule has 2 rings (SSSR count). The second kappa shape index (κ2) is 4.11. The van der Waals surface area contributed by atoms with Crippen molar-refractivity contribution in [1.82, 2.24) is 4.98 Å². The highest BCUT2D eigenvalue weighted by molar-refractivity contribution is 5.67. The largest absolute Gasteiger partial charge is 0.276 e. The molecule has 1 heterocycles. The zero-order valence-electron chi connectivity index (χ0n) is 8.74. The predicted octanol–water partition coefficient (Wildman–Crippen LogP) is 3.75. The van der Waals surface area contributed by atoms with Gasteiger partial charge in [0, 0.05) is 12.4 Å². The highest BCUT2D eigenvalue weighted by Crippen LogP contribution is 2.24. The van der Waals surface area contributed by atoms with Crippen LogP contribution in [0.4, 0.5) is 10.1 Å². The number of hydrogen-bond acceptors (Lipinski definition) is 1. The molecule has 0 fully saturated rings. The number of benzene rings is 1. The third-order valence-electron chi connectivity index (χ3n) is 2.34. The van der Waals surface area contributed by atoms with Gasteiger partial charge in [-0.3, -0.25) is 4.98 Å². The average molecular weight is 212 g/mol. The molecule has 0 atom stereocenters. The van der Waals surface area contributed by atoms with Crippen LogP contribution in [-0.2, 0) is 0 Å². The van der Waals surface area contributed by atoms with E-state index in [0.29, 0.717) is 11.3 Å². The van der Waals surface area contributed by atoms with Crippen molar-refractivity contribution in [3.05, 3.63) is 59.5 Å². The van der Waals surface area contributed by atoms with Crippen molar-refractivity contribution in [2.75, 3.05) is 0 Å². The molecule has 0 aliphatic heterocycles. The van der Waals surface area contributed by atoms with Gasteiger partial charge < -0.3 is 0 Å². The molecule has 0 spiro atoms. The summed E-state index contributed by atoms with van der Waals surface area (Å²) in [6.45, 7) is 8.62. The molecule has 0 aliphatic rings. The minimum Gasteiger partial charge on any atom is -0.276 e. The Labute approximate surface area is 93.2 Å². The molecule has 2 nitrogen and oxygen atoms in total. The van der Waals surface area contributed by atoms with Crippen LogP contribution >= 0.6 is 0 Å². The SMILES string of the molecule is [C-]#[N+]c1cncc(-c2ccc(F)c(C)c2)c1. The lowest BCUT2D eigenvalue weighted by atomic mass is 10.0. The van der Waals surface area contributed by atoms with Gasteiger partial charge >= 0.3 is 0 Å². The van der Waals surface area contributed by atoms with Gasteiger partial charge in [0.25, 0.3) is 0 Å². The van der Waals surface area contributed by atoms with E-state index in [4.69, 9.17) is 6.57 Å². The first-order valence-corrected chi connectivity index (χ1v) is 4.80. The second-order valence-corrected chi connectivity index (χ2v) is 3.51. The Morgan fingerprint density at radius 1 is 1.19 bits per heavy atom. The highest BCUT2D eigenvalue weighted by atomic mass is 19.1. The van der Waals surface area contributed by atoms with Crippen molar-refractivity contribution >= 4 is 5.69 Å². The summed E-state index contributed by atoms with van der Waals surface area (Å²) in [5, 5.41) is 0. The van der Waals surface area contributed by atoms with Crippen LogP contribution in [0.15, 0.2) is 36.7 Å². The summed E-state index contributed by atoms with van der Waals surface area (Å²) in [7, 11) is 0. The smallest absolute Gasteiger partial charge is 0.205 e. The van der Waals surface area contributed by atoms with Crippen molar-refractivity contribution in [2.24, 2.45) is 0 Å². The monoisotopic (exact) mass is 212 g/mol.